The first kappa shape index (κ1) is 23.0. The van der Waals surface area contributed by atoms with Gasteiger partial charge in [0, 0.05) is 38.3 Å². The van der Waals surface area contributed by atoms with Gasteiger partial charge in [0.25, 0.3) is 5.91 Å². The van der Waals surface area contributed by atoms with Crippen molar-refractivity contribution in [1.29, 1.82) is 0 Å². The van der Waals surface area contributed by atoms with E-state index in [1.807, 2.05) is 36.1 Å². The van der Waals surface area contributed by atoms with E-state index < -0.39 is 0 Å². The Balaban J connectivity index is 1.41. The monoisotopic (exact) mass is 444 g/mol. The van der Waals surface area contributed by atoms with Crippen LogP contribution >= 0.6 is 0 Å². The number of amides is 1. The number of benzene rings is 3. The SMILES string of the molecule is CCOCCOc1cccc(C(=O)N2CCN(C(c3ccccc3)c3ccccc3)CC2)c1. The number of hydrogen-bond acceptors (Lipinski definition) is 4. The summed E-state index contributed by atoms with van der Waals surface area (Å²) >= 11 is 0. The van der Waals surface area contributed by atoms with Gasteiger partial charge in [-0.3, -0.25) is 9.69 Å². The van der Waals surface area contributed by atoms with E-state index in [-0.39, 0.29) is 11.9 Å². The zero-order valence-corrected chi connectivity index (χ0v) is 19.2. The van der Waals surface area contributed by atoms with Gasteiger partial charge in [-0.15, -0.1) is 0 Å². The minimum absolute atomic E-state index is 0.0564. The molecule has 33 heavy (non-hydrogen) atoms. The smallest absolute Gasteiger partial charge is 0.254 e. The maximum Gasteiger partial charge on any atom is 0.254 e. The molecule has 5 heteroatoms. The van der Waals surface area contributed by atoms with Crippen molar-refractivity contribution >= 4 is 5.91 Å². The molecule has 0 aromatic heterocycles. The second-order valence-electron chi connectivity index (χ2n) is 8.13. The van der Waals surface area contributed by atoms with Gasteiger partial charge in [0.2, 0.25) is 0 Å². The van der Waals surface area contributed by atoms with Crippen LogP contribution in [0.5, 0.6) is 5.75 Å². The fraction of sp³-hybridized carbons (Fsp3) is 0.321. The van der Waals surface area contributed by atoms with Crippen LogP contribution in [-0.4, -0.2) is 61.7 Å². The number of hydrogen-bond donors (Lipinski definition) is 0. The third kappa shape index (κ3) is 6.01. The molecule has 4 rings (SSSR count). The van der Waals surface area contributed by atoms with Gasteiger partial charge < -0.3 is 14.4 Å². The minimum Gasteiger partial charge on any atom is -0.491 e. The van der Waals surface area contributed by atoms with Crippen LogP contribution in [0.25, 0.3) is 0 Å². The molecule has 0 atom stereocenters. The average molecular weight is 445 g/mol. The molecule has 0 aliphatic carbocycles. The summed E-state index contributed by atoms with van der Waals surface area (Å²) in [7, 11) is 0. The second kappa shape index (κ2) is 11.6. The van der Waals surface area contributed by atoms with Crippen LogP contribution in [0.1, 0.15) is 34.5 Å². The Morgan fingerprint density at radius 1 is 0.818 bits per heavy atom. The van der Waals surface area contributed by atoms with Gasteiger partial charge in [0.1, 0.15) is 12.4 Å². The van der Waals surface area contributed by atoms with E-state index >= 15 is 0 Å². The molecule has 1 amide bonds. The van der Waals surface area contributed by atoms with Crippen molar-refractivity contribution in [3.05, 3.63) is 102 Å². The van der Waals surface area contributed by atoms with Gasteiger partial charge in [-0.25, -0.2) is 0 Å². The molecule has 0 bridgehead atoms. The molecule has 0 saturated carbocycles. The van der Waals surface area contributed by atoms with Gasteiger partial charge in [-0.1, -0.05) is 66.7 Å². The topological polar surface area (TPSA) is 42.0 Å². The Hall–Kier alpha value is -3.15. The van der Waals surface area contributed by atoms with E-state index in [1.165, 1.54) is 11.1 Å². The van der Waals surface area contributed by atoms with Gasteiger partial charge in [-0.2, -0.15) is 0 Å². The molecule has 3 aromatic rings. The molecular formula is C28H32N2O3. The maximum absolute atomic E-state index is 13.2. The van der Waals surface area contributed by atoms with Gasteiger partial charge >= 0.3 is 0 Å². The Bertz CT molecular complexity index is 962. The third-order valence-corrected chi connectivity index (χ3v) is 5.98. The highest BCUT2D eigenvalue weighted by molar-refractivity contribution is 5.94. The zero-order chi connectivity index (χ0) is 22.9. The highest BCUT2D eigenvalue weighted by Gasteiger charge is 2.28. The van der Waals surface area contributed by atoms with Crippen molar-refractivity contribution in [2.24, 2.45) is 0 Å². The van der Waals surface area contributed by atoms with Crippen molar-refractivity contribution in [2.75, 3.05) is 46.0 Å². The van der Waals surface area contributed by atoms with E-state index in [1.54, 1.807) is 0 Å². The van der Waals surface area contributed by atoms with Crippen LogP contribution in [0.3, 0.4) is 0 Å². The molecule has 1 heterocycles. The summed E-state index contributed by atoms with van der Waals surface area (Å²) in [5.41, 5.74) is 3.22. The largest absolute Gasteiger partial charge is 0.491 e. The fourth-order valence-electron chi connectivity index (χ4n) is 4.33. The molecule has 0 N–H and O–H groups in total. The number of nitrogens with zero attached hydrogens (tertiary/aromatic N) is 2. The van der Waals surface area contributed by atoms with E-state index in [4.69, 9.17) is 9.47 Å². The summed E-state index contributed by atoms with van der Waals surface area (Å²) < 4.78 is 11.0. The molecule has 3 aromatic carbocycles. The number of carbonyl (C=O) groups excluding carboxylic acids is 1. The number of rotatable bonds is 9. The van der Waals surface area contributed by atoms with Crippen LogP contribution in [0, 0.1) is 0 Å². The molecular weight excluding hydrogens is 412 g/mol. The number of piperazine rings is 1. The lowest BCUT2D eigenvalue weighted by molar-refractivity contribution is 0.0596. The molecule has 1 aliphatic heterocycles. The molecule has 0 spiro atoms. The van der Waals surface area contributed by atoms with Crippen LogP contribution in [0.2, 0.25) is 0 Å². The molecule has 172 valence electrons. The van der Waals surface area contributed by atoms with Crippen molar-refractivity contribution in [3.8, 4) is 5.75 Å². The van der Waals surface area contributed by atoms with Gasteiger partial charge in [0.05, 0.1) is 12.6 Å². The van der Waals surface area contributed by atoms with Gasteiger partial charge in [0.15, 0.2) is 0 Å². The predicted octanol–water partition coefficient (Wildman–Crippen LogP) is 4.65. The normalized spacial score (nSPS) is 14.4. The summed E-state index contributed by atoms with van der Waals surface area (Å²) in [4.78, 5) is 17.6. The maximum atomic E-state index is 13.2. The van der Waals surface area contributed by atoms with Crippen LogP contribution in [0.4, 0.5) is 0 Å². The second-order valence-corrected chi connectivity index (χ2v) is 8.13. The van der Waals surface area contributed by atoms with Crippen molar-refractivity contribution in [1.82, 2.24) is 9.80 Å². The predicted molar refractivity (Wildman–Crippen MR) is 131 cm³/mol. The fourth-order valence-corrected chi connectivity index (χ4v) is 4.33. The summed E-state index contributed by atoms with van der Waals surface area (Å²) in [6.07, 6.45) is 0. The lowest BCUT2D eigenvalue weighted by Gasteiger charge is -2.39. The lowest BCUT2D eigenvalue weighted by atomic mass is 9.96. The van der Waals surface area contributed by atoms with Crippen molar-refractivity contribution in [2.45, 2.75) is 13.0 Å². The van der Waals surface area contributed by atoms with E-state index in [9.17, 15) is 4.79 Å². The first-order valence-corrected chi connectivity index (χ1v) is 11.7. The summed E-state index contributed by atoms with van der Waals surface area (Å²) in [6, 6.07) is 28.9. The molecule has 1 fully saturated rings. The first-order chi connectivity index (χ1) is 16.3. The van der Waals surface area contributed by atoms with E-state index in [0.717, 1.165) is 13.1 Å². The van der Waals surface area contributed by atoms with Crippen molar-refractivity contribution < 1.29 is 14.3 Å². The number of ether oxygens (including phenoxy) is 2. The minimum atomic E-state index is 0.0564. The molecule has 1 saturated heterocycles. The molecule has 5 nitrogen and oxygen atoms in total. The highest BCUT2D eigenvalue weighted by Crippen LogP contribution is 2.29. The summed E-state index contributed by atoms with van der Waals surface area (Å²) in [6.45, 7) is 6.69. The van der Waals surface area contributed by atoms with E-state index in [2.05, 4.69) is 65.6 Å². The zero-order valence-electron chi connectivity index (χ0n) is 19.2. The Morgan fingerprint density at radius 3 is 2.06 bits per heavy atom. The lowest BCUT2D eigenvalue weighted by Crippen LogP contribution is -2.49. The third-order valence-electron chi connectivity index (χ3n) is 5.98. The quantitative estimate of drug-likeness (QED) is 0.451. The van der Waals surface area contributed by atoms with Crippen LogP contribution in [0.15, 0.2) is 84.9 Å². The number of carbonyl (C=O) groups is 1. The van der Waals surface area contributed by atoms with Gasteiger partial charge in [-0.05, 0) is 36.2 Å². The van der Waals surface area contributed by atoms with Crippen molar-refractivity contribution in [3.63, 3.8) is 0 Å². The molecule has 0 unspecified atom stereocenters. The average Bonchev–Trinajstić information content (AvgIpc) is 2.88. The Morgan fingerprint density at radius 2 is 1.45 bits per heavy atom. The molecule has 0 radical (unpaired) electrons. The highest BCUT2D eigenvalue weighted by atomic mass is 16.5. The van der Waals surface area contributed by atoms with Crippen LogP contribution in [-0.2, 0) is 4.74 Å². The Kier molecular flexibility index (Phi) is 8.12. The van der Waals surface area contributed by atoms with Crippen LogP contribution < -0.4 is 4.74 Å². The van der Waals surface area contributed by atoms with E-state index in [0.29, 0.717) is 44.2 Å². The summed E-state index contributed by atoms with van der Waals surface area (Å²) in [5, 5.41) is 0. The molecule has 1 aliphatic rings. The summed E-state index contributed by atoms with van der Waals surface area (Å²) in [5.74, 6) is 0.758. The first-order valence-electron chi connectivity index (χ1n) is 11.7. The standard InChI is InChI=1S/C28H32N2O3/c1-2-32-20-21-33-26-15-9-14-25(22-26)28(31)30-18-16-29(17-19-30)27(23-10-5-3-6-11-23)24-12-7-4-8-13-24/h3-15,22,27H,2,16-21H2,1H3. The Labute approximate surface area is 196 Å².